The molecule has 0 atom stereocenters. The van der Waals surface area contributed by atoms with Crippen molar-refractivity contribution in [1.82, 2.24) is 8.61 Å². The lowest BCUT2D eigenvalue weighted by atomic mass is 9.95. The van der Waals surface area contributed by atoms with Crippen LogP contribution in [-0.4, -0.2) is 38.9 Å². The van der Waals surface area contributed by atoms with Crippen LogP contribution in [0.4, 0.5) is 0 Å². The second-order valence-electron chi connectivity index (χ2n) is 6.43. The van der Waals surface area contributed by atoms with Crippen molar-refractivity contribution in [2.45, 2.75) is 90.1 Å². The molecular weight excluding hydrogens is 296 g/mol. The van der Waals surface area contributed by atoms with Gasteiger partial charge in [0.1, 0.15) is 0 Å². The summed E-state index contributed by atoms with van der Waals surface area (Å²) >= 11 is 4.18. The van der Waals surface area contributed by atoms with Gasteiger partial charge in [0.15, 0.2) is 0 Å². The highest BCUT2D eigenvalue weighted by Gasteiger charge is 2.23. The third-order valence-electron chi connectivity index (χ3n) is 5.02. The van der Waals surface area contributed by atoms with Crippen molar-refractivity contribution in [3.8, 4) is 0 Å². The molecule has 0 N–H and O–H groups in total. The smallest absolute Gasteiger partial charge is 0.0687 e. The van der Waals surface area contributed by atoms with E-state index in [0.29, 0.717) is 0 Å². The molecule has 124 valence electrons. The van der Waals surface area contributed by atoms with Crippen LogP contribution in [0.2, 0.25) is 0 Å². The molecule has 0 unspecified atom stereocenters. The Labute approximate surface area is 141 Å². The van der Waals surface area contributed by atoms with Crippen LogP contribution in [0.25, 0.3) is 0 Å². The van der Waals surface area contributed by atoms with Gasteiger partial charge in [-0.15, -0.1) is 0 Å². The first-order valence-electron chi connectivity index (χ1n) is 9.14. The molecule has 2 rings (SSSR count). The highest BCUT2D eigenvalue weighted by Crippen LogP contribution is 2.32. The Morgan fingerprint density at radius 2 is 1.05 bits per heavy atom. The van der Waals surface area contributed by atoms with Crippen LogP contribution < -0.4 is 0 Å². The molecule has 2 aliphatic carbocycles. The zero-order valence-electron chi connectivity index (χ0n) is 14.1. The number of hydrogen-bond donors (Lipinski definition) is 0. The molecule has 2 nitrogen and oxygen atoms in total. The Kier molecular flexibility index (Phi) is 8.90. The van der Waals surface area contributed by atoms with Crippen molar-refractivity contribution in [3.05, 3.63) is 0 Å². The van der Waals surface area contributed by atoms with Crippen LogP contribution in [0.15, 0.2) is 0 Å². The molecule has 4 heteroatoms. The number of nitrogens with zero attached hydrogens (tertiary/aromatic N) is 2. The van der Waals surface area contributed by atoms with Crippen LogP contribution in [0.1, 0.15) is 78.1 Å². The van der Waals surface area contributed by atoms with Gasteiger partial charge < -0.3 is 0 Å². The van der Waals surface area contributed by atoms with E-state index in [0.717, 1.165) is 12.1 Å². The van der Waals surface area contributed by atoms with Gasteiger partial charge in [-0.3, -0.25) is 0 Å². The minimum absolute atomic E-state index is 0.846. The molecule has 0 radical (unpaired) electrons. The maximum Gasteiger partial charge on any atom is 0.0687 e. The highest BCUT2D eigenvalue weighted by atomic mass is 32.2. The van der Waals surface area contributed by atoms with E-state index in [4.69, 9.17) is 0 Å². The summed E-state index contributed by atoms with van der Waals surface area (Å²) in [5.74, 6) is 0. The van der Waals surface area contributed by atoms with E-state index < -0.39 is 0 Å². The maximum absolute atomic E-state index is 2.67. The fourth-order valence-electron chi connectivity index (χ4n) is 3.81. The van der Waals surface area contributed by atoms with Crippen LogP contribution in [0, 0.1) is 0 Å². The standard InChI is InChI=1S/C17H34N2S2/c1-3-18(16-11-7-5-8-12-16)20-15-21-19(4-2)17-13-9-6-10-14-17/h16-17H,3-15H2,1-2H3. The first-order chi connectivity index (χ1) is 10.3. The molecule has 21 heavy (non-hydrogen) atoms. The molecule has 0 aliphatic heterocycles. The maximum atomic E-state index is 2.67. The molecule has 0 aromatic heterocycles. The second-order valence-corrected chi connectivity index (χ2v) is 8.82. The topological polar surface area (TPSA) is 6.48 Å². The van der Waals surface area contributed by atoms with Crippen LogP contribution in [0.5, 0.6) is 0 Å². The summed E-state index contributed by atoms with van der Waals surface area (Å²) in [7, 11) is 0. The molecular formula is C17H34N2S2. The van der Waals surface area contributed by atoms with Gasteiger partial charge in [-0.25, -0.2) is 8.61 Å². The third kappa shape index (κ3) is 5.96. The van der Waals surface area contributed by atoms with E-state index in [9.17, 15) is 0 Å². The van der Waals surface area contributed by atoms with Crippen LogP contribution in [0.3, 0.4) is 0 Å². The quantitative estimate of drug-likeness (QED) is 0.425. The summed E-state index contributed by atoms with van der Waals surface area (Å²) < 4.78 is 5.34. The van der Waals surface area contributed by atoms with E-state index in [2.05, 4.69) is 46.4 Å². The minimum Gasteiger partial charge on any atom is -0.247 e. The van der Waals surface area contributed by atoms with Crippen molar-refractivity contribution in [3.63, 3.8) is 0 Å². The molecule has 2 saturated carbocycles. The summed E-state index contributed by atoms with van der Waals surface area (Å²) in [4.78, 5) is 0. The normalized spacial score (nSPS) is 22.3. The molecule has 0 saturated heterocycles. The second kappa shape index (κ2) is 10.4. The van der Waals surface area contributed by atoms with Gasteiger partial charge in [-0.1, -0.05) is 76.3 Å². The predicted molar refractivity (Wildman–Crippen MR) is 98.6 cm³/mol. The van der Waals surface area contributed by atoms with Gasteiger partial charge in [0.2, 0.25) is 0 Å². The Balaban J connectivity index is 1.69. The fourth-order valence-corrected chi connectivity index (χ4v) is 6.29. The summed E-state index contributed by atoms with van der Waals surface area (Å²) in [6.07, 6.45) is 14.4. The summed E-state index contributed by atoms with van der Waals surface area (Å²) in [5, 5.41) is 1.20. The van der Waals surface area contributed by atoms with Crippen LogP contribution in [-0.2, 0) is 0 Å². The van der Waals surface area contributed by atoms with Crippen molar-refractivity contribution in [1.29, 1.82) is 0 Å². The molecule has 2 aliphatic rings. The molecule has 2 fully saturated rings. The van der Waals surface area contributed by atoms with Crippen molar-refractivity contribution in [2.75, 3.05) is 18.2 Å². The largest absolute Gasteiger partial charge is 0.247 e. The third-order valence-corrected chi connectivity index (χ3v) is 7.64. The monoisotopic (exact) mass is 330 g/mol. The van der Waals surface area contributed by atoms with E-state index >= 15 is 0 Å². The minimum atomic E-state index is 0.846. The predicted octanol–water partition coefficient (Wildman–Crippen LogP) is 5.55. The van der Waals surface area contributed by atoms with E-state index in [-0.39, 0.29) is 0 Å². The number of hydrogen-bond acceptors (Lipinski definition) is 4. The summed E-state index contributed by atoms with van der Waals surface area (Å²) in [6, 6.07) is 1.69. The molecule has 0 aromatic carbocycles. The van der Waals surface area contributed by atoms with E-state index in [1.54, 1.807) is 0 Å². The molecule has 0 heterocycles. The Bertz CT molecular complexity index is 238. The van der Waals surface area contributed by atoms with Gasteiger partial charge in [0.25, 0.3) is 0 Å². The lowest BCUT2D eigenvalue weighted by molar-refractivity contribution is 0.279. The average Bonchev–Trinajstić information content (AvgIpc) is 2.57. The Hall–Kier alpha value is 0.620. The van der Waals surface area contributed by atoms with Crippen molar-refractivity contribution >= 4 is 23.9 Å². The van der Waals surface area contributed by atoms with Crippen molar-refractivity contribution < 1.29 is 0 Å². The first-order valence-corrected chi connectivity index (χ1v) is 11.0. The Morgan fingerprint density at radius 1 is 0.667 bits per heavy atom. The van der Waals surface area contributed by atoms with Crippen LogP contribution >= 0.6 is 23.9 Å². The molecule has 0 spiro atoms. The number of rotatable bonds is 8. The molecule has 0 aromatic rings. The lowest BCUT2D eigenvalue weighted by Crippen LogP contribution is -2.33. The SMILES string of the molecule is CCN(SCSN(CC)C1CCCCC1)C1CCCCC1. The van der Waals surface area contributed by atoms with Gasteiger partial charge in [0.05, 0.1) is 5.08 Å². The van der Waals surface area contributed by atoms with Gasteiger partial charge >= 0.3 is 0 Å². The van der Waals surface area contributed by atoms with Gasteiger partial charge in [-0.05, 0) is 25.7 Å². The summed E-state index contributed by atoms with van der Waals surface area (Å²) in [6.45, 7) is 7.05. The highest BCUT2D eigenvalue weighted by molar-refractivity contribution is 8.13. The average molecular weight is 331 g/mol. The van der Waals surface area contributed by atoms with Gasteiger partial charge in [-0.2, -0.15) is 0 Å². The lowest BCUT2D eigenvalue weighted by Gasteiger charge is -2.35. The fraction of sp³-hybridized carbons (Fsp3) is 1.00. The van der Waals surface area contributed by atoms with E-state index in [1.807, 2.05) is 0 Å². The first kappa shape index (κ1) is 18.0. The Morgan fingerprint density at radius 3 is 1.38 bits per heavy atom. The van der Waals surface area contributed by atoms with E-state index in [1.165, 1.54) is 82.4 Å². The van der Waals surface area contributed by atoms with Crippen molar-refractivity contribution in [2.24, 2.45) is 0 Å². The molecule has 0 amide bonds. The zero-order valence-corrected chi connectivity index (χ0v) is 15.7. The molecule has 0 bridgehead atoms. The zero-order chi connectivity index (χ0) is 14.9. The van der Waals surface area contributed by atoms with Gasteiger partial charge in [0, 0.05) is 25.2 Å². The summed E-state index contributed by atoms with van der Waals surface area (Å²) in [5.41, 5.74) is 0.